The molecule has 1 unspecified atom stereocenters. The number of piperidine rings is 1. The number of hydrogen-bond acceptors (Lipinski definition) is 4. The van der Waals surface area contributed by atoms with E-state index in [9.17, 15) is 9.59 Å². The van der Waals surface area contributed by atoms with Crippen LogP contribution in [0.1, 0.15) is 35.4 Å². The molecule has 144 valence electrons. The van der Waals surface area contributed by atoms with E-state index in [0.29, 0.717) is 32.5 Å². The van der Waals surface area contributed by atoms with E-state index >= 15 is 0 Å². The first-order chi connectivity index (χ1) is 13.0. The Morgan fingerprint density at radius 3 is 2.85 bits per heavy atom. The lowest BCUT2D eigenvalue weighted by molar-refractivity contribution is -0.139. The lowest BCUT2D eigenvalue weighted by atomic mass is 9.96. The van der Waals surface area contributed by atoms with Crippen LogP contribution in [0.5, 0.6) is 5.75 Å². The highest BCUT2D eigenvalue weighted by molar-refractivity contribution is 5.83. The highest BCUT2D eigenvalue weighted by Crippen LogP contribution is 2.24. The Hall–Kier alpha value is -2.83. The van der Waals surface area contributed by atoms with E-state index in [1.54, 1.807) is 12.0 Å². The van der Waals surface area contributed by atoms with Gasteiger partial charge >= 0.3 is 0 Å². The summed E-state index contributed by atoms with van der Waals surface area (Å²) in [4.78, 5) is 26.7. The molecule has 1 aliphatic heterocycles. The highest BCUT2D eigenvalue weighted by atomic mass is 16.5. The zero-order chi connectivity index (χ0) is 19.4. The number of nitrogens with zero attached hydrogens (tertiary/aromatic N) is 2. The lowest BCUT2D eigenvalue weighted by Crippen LogP contribution is -2.45. The van der Waals surface area contributed by atoms with Gasteiger partial charge in [-0.05, 0) is 26.3 Å². The van der Waals surface area contributed by atoms with Gasteiger partial charge in [-0.25, -0.2) is 0 Å². The topological polar surface area (TPSA) is 87.3 Å². The second-order valence-electron chi connectivity index (χ2n) is 6.95. The molecule has 2 heterocycles. The number of hydrogen-bond donors (Lipinski definition) is 2. The number of para-hydroxylation sites is 1. The van der Waals surface area contributed by atoms with Crippen molar-refractivity contribution in [1.29, 1.82) is 0 Å². The predicted octanol–water partition coefficient (Wildman–Crippen LogP) is 2.09. The molecule has 27 heavy (non-hydrogen) atoms. The summed E-state index contributed by atoms with van der Waals surface area (Å²) in [6, 6.07) is 7.65. The van der Waals surface area contributed by atoms with E-state index in [4.69, 9.17) is 4.74 Å². The SMILES string of the molecule is COc1ccccc1CN1CC(C(=O)NCc2c(C)n[nH]c2C)CCC1=O. The van der Waals surface area contributed by atoms with Gasteiger partial charge in [0.2, 0.25) is 11.8 Å². The molecule has 1 aromatic carbocycles. The number of ether oxygens (including phenoxy) is 1. The first-order valence-electron chi connectivity index (χ1n) is 9.17. The van der Waals surface area contributed by atoms with E-state index in [1.807, 2.05) is 38.1 Å². The number of nitrogens with one attached hydrogen (secondary N) is 2. The summed E-state index contributed by atoms with van der Waals surface area (Å²) in [7, 11) is 1.62. The number of H-pyrrole nitrogens is 1. The van der Waals surface area contributed by atoms with Gasteiger partial charge in [-0.2, -0.15) is 5.10 Å². The molecule has 2 amide bonds. The van der Waals surface area contributed by atoms with Crippen LogP contribution in [0.25, 0.3) is 0 Å². The van der Waals surface area contributed by atoms with Crippen LogP contribution in [-0.4, -0.2) is 40.6 Å². The normalized spacial score (nSPS) is 17.1. The van der Waals surface area contributed by atoms with Crippen LogP contribution in [0, 0.1) is 19.8 Å². The maximum absolute atomic E-state index is 12.6. The fraction of sp³-hybridized carbons (Fsp3) is 0.450. The van der Waals surface area contributed by atoms with Gasteiger partial charge in [0.05, 0.1) is 18.7 Å². The molecule has 1 fully saturated rings. The Labute approximate surface area is 159 Å². The first-order valence-corrected chi connectivity index (χ1v) is 9.17. The number of likely N-dealkylation sites (tertiary alicyclic amines) is 1. The van der Waals surface area contributed by atoms with Gasteiger partial charge in [-0.1, -0.05) is 18.2 Å². The van der Waals surface area contributed by atoms with Gasteiger partial charge in [-0.3, -0.25) is 14.7 Å². The number of aromatic amines is 1. The number of carbonyl (C=O) groups excluding carboxylic acids is 2. The van der Waals surface area contributed by atoms with Crippen molar-refractivity contribution in [3.63, 3.8) is 0 Å². The fourth-order valence-electron chi connectivity index (χ4n) is 3.48. The quantitative estimate of drug-likeness (QED) is 0.815. The largest absolute Gasteiger partial charge is 0.496 e. The molecular formula is C20H26N4O3. The van der Waals surface area contributed by atoms with E-state index in [0.717, 1.165) is 28.3 Å². The Kier molecular flexibility index (Phi) is 5.78. The molecule has 1 aromatic heterocycles. The molecule has 3 rings (SSSR count). The van der Waals surface area contributed by atoms with E-state index in [-0.39, 0.29) is 17.7 Å². The number of aryl methyl sites for hydroxylation is 2. The number of carbonyl (C=O) groups is 2. The zero-order valence-corrected chi connectivity index (χ0v) is 16.0. The lowest BCUT2D eigenvalue weighted by Gasteiger charge is -2.32. The zero-order valence-electron chi connectivity index (χ0n) is 16.0. The highest BCUT2D eigenvalue weighted by Gasteiger charge is 2.30. The van der Waals surface area contributed by atoms with Crippen LogP contribution in [0.4, 0.5) is 0 Å². The molecule has 7 heteroatoms. The minimum Gasteiger partial charge on any atom is -0.496 e. The number of rotatable bonds is 6. The van der Waals surface area contributed by atoms with Gasteiger partial charge in [0.25, 0.3) is 0 Å². The number of benzene rings is 1. The van der Waals surface area contributed by atoms with Crippen molar-refractivity contribution >= 4 is 11.8 Å². The summed E-state index contributed by atoms with van der Waals surface area (Å²) in [5, 5.41) is 10.1. The Balaban J connectivity index is 1.62. The number of methoxy groups -OCH3 is 1. The molecule has 0 saturated carbocycles. The third kappa shape index (κ3) is 4.30. The maximum atomic E-state index is 12.6. The number of aromatic nitrogens is 2. The summed E-state index contributed by atoms with van der Waals surface area (Å²) >= 11 is 0. The Morgan fingerprint density at radius 2 is 2.15 bits per heavy atom. The van der Waals surface area contributed by atoms with Gasteiger partial charge in [0.1, 0.15) is 5.75 Å². The van der Waals surface area contributed by atoms with Crippen molar-refractivity contribution in [2.24, 2.45) is 5.92 Å². The van der Waals surface area contributed by atoms with Crippen LogP contribution in [-0.2, 0) is 22.7 Å². The Bertz CT molecular complexity index is 811. The summed E-state index contributed by atoms with van der Waals surface area (Å²) in [5.41, 5.74) is 3.81. The Morgan fingerprint density at radius 1 is 1.37 bits per heavy atom. The van der Waals surface area contributed by atoms with Crippen LogP contribution >= 0.6 is 0 Å². The van der Waals surface area contributed by atoms with Gasteiger partial charge in [-0.15, -0.1) is 0 Å². The molecule has 1 atom stereocenters. The van der Waals surface area contributed by atoms with Gasteiger partial charge in [0.15, 0.2) is 0 Å². The maximum Gasteiger partial charge on any atom is 0.225 e. The second-order valence-corrected chi connectivity index (χ2v) is 6.95. The van der Waals surface area contributed by atoms with E-state index in [2.05, 4.69) is 15.5 Å². The molecule has 0 bridgehead atoms. The molecule has 0 radical (unpaired) electrons. The molecule has 7 nitrogen and oxygen atoms in total. The predicted molar refractivity (Wildman–Crippen MR) is 101 cm³/mol. The smallest absolute Gasteiger partial charge is 0.225 e. The van der Waals surface area contributed by atoms with Crippen molar-refractivity contribution in [3.8, 4) is 5.75 Å². The minimum absolute atomic E-state index is 0.0208. The summed E-state index contributed by atoms with van der Waals surface area (Å²) in [6.45, 7) is 5.18. The van der Waals surface area contributed by atoms with Crippen molar-refractivity contribution in [2.45, 2.75) is 39.8 Å². The average Bonchev–Trinajstić information content (AvgIpc) is 2.99. The minimum atomic E-state index is -0.204. The molecule has 0 aliphatic carbocycles. The summed E-state index contributed by atoms with van der Waals surface area (Å²) in [6.07, 6.45) is 0.966. The molecule has 2 aromatic rings. The van der Waals surface area contributed by atoms with E-state index in [1.165, 1.54) is 0 Å². The molecule has 2 N–H and O–H groups in total. The van der Waals surface area contributed by atoms with Crippen molar-refractivity contribution in [1.82, 2.24) is 20.4 Å². The van der Waals surface area contributed by atoms with Crippen LogP contribution in [0.15, 0.2) is 24.3 Å². The standard InChI is InChI=1S/C20H26N4O3/c1-13-17(14(2)23-22-13)10-21-20(26)16-8-9-19(25)24(12-16)11-15-6-4-5-7-18(15)27-3/h4-7,16H,8-12H2,1-3H3,(H,21,26)(H,22,23). The van der Waals surface area contributed by atoms with Crippen LogP contribution in [0.2, 0.25) is 0 Å². The third-order valence-corrected chi connectivity index (χ3v) is 5.14. The third-order valence-electron chi connectivity index (χ3n) is 5.14. The second kappa shape index (κ2) is 8.24. The van der Waals surface area contributed by atoms with Gasteiger partial charge < -0.3 is 15.0 Å². The van der Waals surface area contributed by atoms with Crippen LogP contribution in [0.3, 0.4) is 0 Å². The monoisotopic (exact) mass is 370 g/mol. The van der Waals surface area contributed by atoms with Crippen LogP contribution < -0.4 is 10.1 Å². The molecule has 1 aliphatic rings. The molecule has 1 saturated heterocycles. The number of amides is 2. The average molecular weight is 370 g/mol. The fourth-order valence-corrected chi connectivity index (χ4v) is 3.48. The van der Waals surface area contributed by atoms with Crippen molar-refractivity contribution in [2.75, 3.05) is 13.7 Å². The van der Waals surface area contributed by atoms with E-state index < -0.39 is 0 Å². The van der Waals surface area contributed by atoms with Crippen molar-refractivity contribution < 1.29 is 14.3 Å². The van der Waals surface area contributed by atoms with Gasteiger partial charge in [0, 0.05) is 42.9 Å². The first kappa shape index (κ1) is 18.9. The molecular weight excluding hydrogens is 344 g/mol. The van der Waals surface area contributed by atoms with Crippen molar-refractivity contribution in [3.05, 3.63) is 46.8 Å². The summed E-state index contributed by atoms with van der Waals surface area (Å²) < 4.78 is 5.37. The summed E-state index contributed by atoms with van der Waals surface area (Å²) in [5.74, 6) is 0.603. The molecule has 0 spiro atoms.